The Bertz CT molecular complexity index is 782. The molecule has 148 valence electrons. The Hall–Kier alpha value is -1.52. The lowest BCUT2D eigenvalue weighted by Crippen LogP contribution is -2.47. The molecule has 0 saturated carbocycles. The Morgan fingerprint density at radius 1 is 1.37 bits per heavy atom. The fraction of sp³-hybridized carbons (Fsp3) is 0.412. The Morgan fingerprint density at radius 2 is 2.00 bits per heavy atom. The number of hydrogen-bond donors (Lipinski definition) is 2. The highest BCUT2D eigenvalue weighted by atomic mass is 79.9. The average molecular weight is 466 g/mol. The van der Waals surface area contributed by atoms with Gasteiger partial charge in [0.2, 0.25) is 11.5 Å². The summed E-state index contributed by atoms with van der Waals surface area (Å²) in [6, 6.07) is 7.34. The van der Waals surface area contributed by atoms with Gasteiger partial charge in [-0.3, -0.25) is 4.79 Å². The monoisotopic (exact) mass is 465 g/mol. The summed E-state index contributed by atoms with van der Waals surface area (Å²) in [5, 5.41) is 12.2. The van der Waals surface area contributed by atoms with Crippen molar-refractivity contribution in [3.63, 3.8) is 0 Å². The minimum Gasteiger partial charge on any atom is -0.374 e. The lowest BCUT2D eigenvalue weighted by molar-refractivity contribution is -0.272. The van der Waals surface area contributed by atoms with Gasteiger partial charge < -0.3 is 15.0 Å². The highest BCUT2D eigenvalue weighted by Crippen LogP contribution is 2.40. The maximum atomic E-state index is 13.4. The van der Waals surface area contributed by atoms with Crippen LogP contribution in [0.2, 0.25) is 0 Å². The molecule has 2 N–H and O–H groups in total. The number of rotatable bonds is 7. The number of halogens is 4. The van der Waals surface area contributed by atoms with E-state index >= 15 is 0 Å². The molecule has 1 aromatic carbocycles. The predicted molar refractivity (Wildman–Crippen MR) is 100 cm³/mol. The van der Waals surface area contributed by atoms with Gasteiger partial charge in [-0.15, -0.1) is 11.8 Å². The topological polar surface area (TPSA) is 67.2 Å². The Labute approximate surface area is 167 Å². The van der Waals surface area contributed by atoms with Crippen LogP contribution in [0.3, 0.4) is 0 Å². The largest absolute Gasteiger partial charge is 0.424 e. The highest BCUT2D eigenvalue weighted by molar-refractivity contribution is 9.10. The molecule has 1 amide bonds. The van der Waals surface area contributed by atoms with Crippen molar-refractivity contribution in [2.45, 2.75) is 35.3 Å². The van der Waals surface area contributed by atoms with Gasteiger partial charge in [0.05, 0.1) is 5.25 Å². The summed E-state index contributed by atoms with van der Waals surface area (Å²) in [6.45, 7) is 1.32. The van der Waals surface area contributed by atoms with Crippen molar-refractivity contribution in [2.24, 2.45) is 7.05 Å². The fourth-order valence-corrected chi connectivity index (χ4v) is 3.58. The van der Waals surface area contributed by atoms with E-state index in [1.54, 1.807) is 6.92 Å². The standard InChI is InChI=1S/C17H19BrF3N3O2S/c1-11(27-13-5-3-12(18)4-6-13)14(25)22-8-7-16(26,17(19,20)21)15-23-9-10-24(15)2/h3-6,9-11,26H,7-8H2,1-2H3,(H,22,25). The maximum Gasteiger partial charge on any atom is 0.424 e. The van der Waals surface area contributed by atoms with Crippen LogP contribution in [-0.2, 0) is 17.4 Å². The highest BCUT2D eigenvalue weighted by Gasteiger charge is 2.57. The minimum absolute atomic E-state index is 0.340. The number of hydrogen-bond acceptors (Lipinski definition) is 4. The Kier molecular flexibility index (Phi) is 6.98. The molecule has 0 aliphatic heterocycles. The molecule has 0 spiro atoms. The number of carbonyl (C=O) groups is 1. The molecular weight excluding hydrogens is 447 g/mol. The van der Waals surface area contributed by atoms with Crippen molar-refractivity contribution in [1.29, 1.82) is 0 Å². The van der Waals surface area contributed by atoms with Crippen LogP contribution < -0.4 is 5.32 Å². The summed E-state index contributed by atoms with van der Waals surface area (Å²) in [5.74, 6) is -0.922. The average Bonchev–Trinajstić information content (AvgIpc) is 3.02. The maximum absolute atomic E-state index is 13.4. The molecule has 0 saturated heterocycles. The zero-order chi connectivity index (χ0) is 20.2. The van der Waals surface area contributed by atoms with Crippen molar-refractivity contribution < 1.29 is 23.1 Å². The third kappa shape index (κ3) is 5.26. The Balaban J connectivity index is 1.97. The van der Waals surface area contributed by atoms with Crippen LogP contribution in [0.15, 0.2) is 46.0 Å². The molecule has 27 heavy (non-hydrogen) atoms. The number of thioether (sulfide) groups is 1. The van der Waals surface area contributed by atoms with Gasteiger partial charge >= 0.3 is 6.18 Å². The zero-order valence-corrected chi connectivity index (χ0v) is 17.0. The molecule has 5 nitrogen and oxygen atoms in total. The Morgan fingerprint density at radius 3 is 2.52 bits per heavy atom. The van der Waals surface area contributed by atoms with Crippen molar-refractivity contribution in [3.8, 4) is 0 Å². The number of amides is 1. The molecule has 2 aromatic rings. The molecule has 0 bridgehead atoms. The van der Waals surface area contributed by atoms with E-state index in [-0.39, 0.29) is 6.54 Å². The molecule has 2 atom stereocenters. The van der Waals surface area contributed by atoms with E-state index in [0.29, 0.717) is 0 Å². The summed E-state index contributed by atoms with van der Waals surface area (Å²) in [6.07, 6.45) is -3.15. The van der Waals surface area contributed by atoms with Crippen LogP contribution >= 0.6 is 27.7 Å². The van der Waals surface area contributed by atoms with E-state index in [1.807, 2.05) is 24.3 Å². The molecule has 10 heteroatoms. The van der Waals surface area contributed by atoms with Crippen molar-refractivity contribution in [3.05, 3.63) is 47.0 Å². The van der Waals surface area contributed by atoms with Crippen molar-refractivity contribution >= 4 is 33.6 Å². The first-order chi connectivity index (χ1) is 12.5. The van der Waals surface area contributed by atoms with Crippen LogP contribution in [0.25, 0.3) is 0 Å². The number of alkyl halides is 3. The van der Waals surface area contributed by atoms with E-state index in [1.165, 1.54) is 31.2 Å². The van der Waals surface area contributed by atoms with Gasteiger partial charge in [-0.05, 0) is 31.2 Å². The molecule has 1 heterocycles. The predicted octanol–water partition coefficient (Wildman–Crippen LogP) is 3.62. The molecule has 2 unspecified atom stereocenters. The molecule has 2 rings (SSSR count). The fourth-order valence-electron chi connectivity index (χ4n) is 2.43. The summed E-state index contributed by atoms with van der Waals surface area (Å²) in [7, 11) is 1.37. The van der Waals surface area contributed by atoms with Crippen molar-refractivity contribution in [2.75, 3.05) is 6.54 Å². The second kappa shape index (κ2) is 8.66. The van der Waals surface area contributed by atoms with E-state index in [9.17, 15) is 23.1 Å². The van der Waals surface area contributed by atoms with Gasteiger partial charge in [-0.2, -0.15) is 13.2 Å². The smallest absolute Gasteiger partial charge is 0.374 e. The molecule has 0 aliphatic carbocycles. The van der Waals surface area contributed by atoms with Gasteiger partial charge in [-0.1, -0.05) is 15.9 Å². The lowest BCUT2D eigenvalue weighted by Gasteiger charge is -2.30. The number of benzene rings is 1. The first kappa shape index (κ1) is 21.8. The second-order valence-corrected chi connectivity index (χ2v) is 8.30. The number of aryl methyl sites for hydroxylation is 1. The lowest BCUT2D eigenvalue weighted by atomic mass is 9.97. The molecule has 0 radical (unpaired) electrons. The van der Waals surface area contributed by atoms with E-state index < -0.39 is 35.2 Å². The second-order valence-electron chi connectivity index (χ2n) is 5.97. The van der Waals surface area contributed by atoms with Crippen LogP contribution in [0.5, 0.6) is 0 Å². The van der Waals surface area contributed by atoms with Crippen LogP contribution in [0.1, 0.15) is 19.2 Å². The number of nitrogens with zero attached hydrogens (tertiary/aromatic N) is 2. The summed E-state index contributed by atoms with van der Waals surface area (Å²) in [5.41, 5.74) is -3.14. The third-order valence-electron chi connectivity index (χ3n) is 3.94. The van der Waals surface area contributed by atoms with Crippen molar-refractivity contribution in [1.82, 2.24) is 14.9 Å². The number of aromatic nitrogens is 2. The molecular formula is C17H19BrF3N3O2S. The van der Waals surface area contributed by atoms with Gasteiger partial charge in [-0.25, -0.2) is 4.98 Å². The zero-order valence-electron chi connectivity index (χ0n) is 14.6. The van der Waals surface area contributed by atoms with Gasteiger partial charge in [0, 0.05) is 41.8 Å². The SMILES string of the molecule is CC(Sc1ccc(Br)cc1)C(=O)NCCC(O)(c1nccn1C)C(F)(F)F. The summed E-state index contributed by atoms with van der Waals surface area (Å²) < 4.78 is 42.3. The van der Waals surface area contributed by atoms with Crippen LogP contribution in [0, 0.1) is 0 Å². The van der Waals surface area contributed by atoms with Crippen LogP contribution in [-0.4, -0.2) is 38.5 Å². The van der Waals surface area contributed by atoms with Gasteiger partial charge in [0.15, 0.2) is 0 Å². The normalized spacial score (nSPS) is 15.2. The van der Waals surface area contributed by atoms with E-state index in [0.717, 1.165) is 13.9 Å². The minimum atomic E-state index is -4.92. The molecule has 1 aromatic heterocycles. The van der Waals surface area contributed by atoms with Gasteiger partial charge in [0.1, 0.15) is 5.82 Å². The first-order valence-electron chi connectivity index (χ1n) is 8.01. The van der Waals surface area contributed by atoms with E-state index in [2.05, 4.69) is 26.2 Å². The molecule has 0 aliphatic rings. The first-order valence-corrected chi connectivity index (χ1v) is 9.68. The summed E-state index contributed by atoms with van der Waals surface area (Å²) >= 11 is 4.61. The molecule has 0 fully saturated rings. The van der Waals surface area contributed by atoms with Gasteiger partial charge in [0.25, 0.3) is 0 Å². The third-order valence-corrected chi connectivity index (χ3v) is 5.58. The summed E-state index contributed by atoms with van der Waals surface area (Å²) in [4.78, 5) is 16.7. The number of aliphatic hydroxyl groups is 1. The number of carbonyl (C=O) groups excluding carboxylic acids is 1. The quantitative estimate of drug-likeness (QED) is 0.612. The number of nitrogens with one attached hydrogen (secondary N) is 1. The number of imidazole rings is 1. The van der Waals surface area contributed by atoms with Crippen LogP contribution in [0.4, 0.5) is 13.2 Å². The van der Waals surface area contributed by atoms with E-state index in [4.69, 9.17) is 0 Å².